The molecule has 1 N–H and O–H groups in total. The van der Waals surface area contributed by atoms with Crippen LogP contribution in [-0.2, 0) is 4.79 Å². The molecule has 0 saturated heterocycles. The Morgan fingerprint density at radius 3 is 2.38 bits per heavy atom. The molecule has 6 nitrogen and oxygen atoms in total. The van der Waals surface area contributed by atoms with Gasteiger partial charge in [-0.3, -0.25) is 14.9 Å². The van der Waals surface area contributed by atoms with Crippen molar-refractivity contribution in [3.63, 3.8) is 0 Å². The number of ether oxygens (including phenoxy) is 1. The van der Waals surface area contributed by atoms with E-state index in [-0.39, 0.29) is 11.6 Å². The number of carbonyl (C=O) groups is 1. The first kappa shape index (κ1) is 17.5. The van der Waals surface area contributed by atoms with E-state index in [2.05, 4.69) is 19.2 Å². The van der Waals surface area contributed by atoms with E-state index < -0.39 is 11.0 Å². The van der Waals surface area contributed by atoms with Crippen molar-refractivity contribution in [2.45, 2.75) is 32.8 Å². The third-order valence-corrected chi connectivity index (χ3v) is 3.55. The van der Waals surface area contributed by atoms with Crippen LogP contribution in [-0.4, -0.2) is 16.9 Å². The van der Waals surface area contributed by atoms with Crippen LogP contribution in [0.25, 0.3) is 0 Å². The highest BCUT2D eigenvalue weighted by molar-refractivity contribution is 5.94. The van der Waals surface area contributed by atoms with Gasteiger partial charge in [0.15, 0.2) is 6.10 Å². The minimum Gasteiger partial charge on any atom is -0.481 e. The lowest BCUT2D eigenvalue weighted by atomic mass is 10.0. The molecule has 1 amide bonds. The Morgan fingerprint density at radius 1 is 1.12 bits per heavy atom. The van der Waals surface area contributed by atoms with E-state index in [1.54, 1.807) is 13.0 Å². The highest BCUT2D eigenvalue weighted by Gasteiger charge is 2.16. The van der Waals surface area contributed by atoms with Crippen LogP contribution >= 0.6 is 0 Å². The maximum Gasteiger partial charge on any atom is 0.271 e. The van der Waals surface area contributed by atoms with E-state index in [1.165, 1.54) is 23.8 Å². The molecule has 2 aromatic carbocycles. The summed E-state index contributed by atoms with van der Waals surface area (Å²) in [5.74, 6) is 0.651. The Bertz CT molecular complexity index is 726. The van der Waals surface area contributed by atoms with E-state index >= 15 is 0 Å². The van der Waals surface area contributed by atoms with Gasteiger partial charge in [0.05, 0.1) is 4.92 Å². The molecule has 0 aromatic heterocycles. The lowest BCUT2D eigenvalue weighted by molar-refractivity contribution is -0.384. The van der Waals surface area contributed by atoms with Crippen molar-refractivity contribution < 1.29 is 14.5 Å². The number of non-ortho nitro benzene ring substituents is 1. The highest BCUT2D eigenvalue weighted by Crippen LogP contribution is 2.20. The molecular formula is C18H20N2O4. The number of amides is 1. The number of rotatable bonds is 6. The van der Waals surface area contributed by atoms with E-state index in [4.69, 9.17) is 4.74 Å². The summed E-state index contributed by atoms with van der Waals surface area (Å²) in [5, 5.41) is 13.4. The monoisotopic (exact) mass is 328 g/mol. The van der Waals surface area contributed by atoms with Gasteiger partial charge in [-0.1, -0.05) is 32.0 Å². The number of nitrogens with one attached hydrogen (secondary N) is 1. The summed E-state index contributed by atoms with van der Waals surface area (Å²) in [4.78, 5) is 22.4. The minimum atomic E-state index is -0.728. The molecule has 0 bridgehead atoms. The maximum atomic E-state index is 12.2. The van der Waals surface area contributed by atoms with Gasteiger partial charge in [-0.05, 0) is 36.6 Å². The van der Waals surface area contributed by atoms with Crippen molar-refractivity contribution in [3.8, 4) is 5.75 Å². The molecule has 6 heteroatoms. The van der Waals surface area contributed by atoms with Crippen molar-refractivity contribution >= 4 is 17.3 Å². The fourth-order valence-corrected chi connectivity index (χ4v) is 2.13. The standard InChI is InChI=1S/C18H20N2O4/c1-12(2)14-7-9-17(10-8-14)24-13(3)18(21)19-15-5-4-6-16(11-15)20(22)23/h4-13H,1-3H3,(H,19,21). The molecule has 24 heavy (non-hydrogen) atoms. The van der Waals surface area contributed by atoms with E-state index in [9.17, 15) is 14.9 Å². The molecule has 2 aromatic rings. The number of nitro benzene ring substituents is 1. The number of hydrogen-bond acceptors (Lipinski definition) is 4. The highest BCUT2D eigenvalue weighted by atomic mass is 16.6. The average Bonchev–Trinajstić information content (AvgIpc) is 2.55. The minimum absolute atomic E-state index is 0.0781. The average molecular weight is 328 g/mol. The second-order valence-corrected chi connectivity index (χ2v) is 5.78. The molecule has 0 aliphatic rings. The number of hydrogen-bond donors (Lipinski definition) is 1. The molecule has 2 rings (SSSR count). The molecule has 0 aliphatic heterocycles. The summed E-state index contributed by atoms with van der Waals surface area (Å²) >= 11 is 0. The van der Waals surface area contributed by atoms with Crippen LogP contribution in [0.4, 0.5) is 11.4 Å². The second kappa shape index (κ2) is 7.59. The summed E-state index contributed by atoms with van der Waals surface area (Å²) in [7, 11) is 0. The summed E-state index contributed by atoms with van der Waals surface area (Å²) in [6.45, 7) is 5.83. The normalized spacial score (nSPS) is 11.8. The topological polar surface area (TPSA) is 81.5 Å². The zero-order valence-corrected chi connectivity index (χ0v) is 13.9. The van der Waals surface area contributed by atoms with Crippen LogP contribution in [0, 0.1) is 10.1 Å². The Morgan fingerprint density at radius 2 is 1.79 bits per heavy atom. The SMILES string of the molecule is CC(Oc1ccc(C(C)C)cc1)C(=O)Nc1cccc([N+](=O)[O-])c1. The Hall–Kier alpha value is -2.89. The van der Waals surface area contributed by atoms with Gasteiger partial charge in [0, 0.05) is 17.8 Å². The molecule has 1 unspecified atom stereocenters. The Kier molecular flexibility index (Phi) is 5.52. The van der Waals surface area contributed by atoms with Crippen LogP contribution in [0.5, 0.6) is 5.75 Å². The predicted octanol–water partition coefficient (Wildman–Crippen LogP) is 4.12. The van der Waals surface area contributed by atoms with Crippen molar-refractivity contribution in [1.82, 2.24) is 0 Å². The van der Waals surface area contributed by atoms with Gasteiger partial charge < -0.3 is 10.1 Å². The number of nitro groups is 1. The summed E-state index contributed by atoms with van der Waals surface area (Å²) in [6.07, 6.45) is -0.728. The lowest BCUT2D eigenvalue weighted by Gasteiger charge is -2.15. The van der Waals surface area contributed by atoms with Gasteiger partial charge in [-0.15, -0.1) is 0 Å². The van der Waals surface area contributed by atoms with E-state index in [0.717, 1.165) is 0 Å². The maximum absolute atomic E-state index is 12.2. The molecular weight excluding hydrogens is 308 g/mol. The van der Waals surface area contributed by atoms with Crippen LogP contribution < -0.4 is 10.1 Å². The van der Waals surface area contributed by atoms with Crippen molar-refractivity contribution in [1.29, 1.82) is 0 Å². The van der Waals surface area contributed by atoms with Crippen molar-refractivity contribution in [3.05, 3.63) is 64.2 Å². The number of benzene rings is 2. The number of nitrogens with zero attached hydrogens (tertiary/aromatic N) is 1. The van der Waals surface area contributed by atoms with Gasteiger partial charge in [0.25, 0.3) is 11.6 Å². The van der Waals surface area contributed by atoms with Crippen LogP contribution in [0.1, 0.15) is 32.3 Å². The summed E-state index contributed by atoms with van der Waals surface area (Å²) in [5.41, 5.74) is 1.47. The fraction of sp³-hybridized carbons (Fsp3) is 0.278. The smallest absolute Gasteiger partial charge is 0.271 e. The van der Waals surface area contributed by atoms with E-state index in [0.29, 0.717) is 17.4 Å². The zero-order chi connectivity index (χ0) is 17.7. The van der Waals surface area contributed by atoms with Crippen LogP contribution in [0.15, 0.2) is 48.5 Å². The molecule has 0 radical (unpaired) electrons. The number of carbonyl (C=O) groups excluding carboxylic acids is 1. The molecule has 1 atom stereocenters. The van der Waals surface area contributed by atoms with Gasteiger partial charge in [0.1, 0.15) is 5.75 Å². The van der Waals surface area contributed by atoms with Gasteiger partial charge >= 0.3 is 0 Å². The second-order valence-electron chi connectivity index (χ2n) is 5.78. The summed E-state index contributed by atoms with van der Waals surface area (Å²) < 4.78 is 5.61. The quantitative estimate of drug-likeness (QED) is 0.638. The number of anilines is 1. The van der Waals surface area contributed by atoms with Gasteiger partial charge in [-0.2, -0.15) is 0 Å². The van der Waals surface area contributed by atoms with Crippen LogP contribution in [0.2, 0.25) is 0 Å². The Balaban J connectivity index is 1.99. The fourth-order valence-electron chi connectivity index (χ4n) is 2.13. The molecule has 0 saturated carbocycles. The largest absolute Gasteiger partial charge is 0.481 e. The molecule has 0 spiro atoms. The molecule has 0 heterocycles. The van der Waals surface area contributed by atoms with E-state index in [1.807, 2.05) is 24.3 Å². The lowest BCUT2D eigenvalue weighted by Crippen LogP contribution is -2.30. The van der Waals surface area contributed by atoms with Gasteiger partial charge in [-0.25, -0.2) is 0 Å². The molecule has 0 aliphatic carbocycles. The van der Waals surface area contributed by atoms with Gasteiger partial charge in [0.2, 0.25) is 0 Å². The third-order valence-electron chi connectivity index (χ3n) is 3.55. The van der Waals surface area contributed by atoms with Crippen LogP contribution in [0.3, 0.4) is 0 Å². The van der Waals surface area contributed by atoms with Crippen molar-refractivity contribution in [2.75, 3.05) is 5.32 Å². The predicted molar refractivity (Wildman–Crippen MR) is 92.3 cm³/mol. The zero-order valence-electron chi connectivity index (χ0n) is 13.9. The first-order chi connectivity index (χ1) is 11.4. The molecule has 126 valence electrons. The Labute approximate surface area is 140 Å². The first-order valence-corrected chi connectivity index (χ1v) is 7.68. The van der Waals surface area contributed by atoms with Crippen molar-refractivity contribution in [2.24, 2.45) is 0 Å². The first-order valence-electron chi connectivity index (χ1n) is 7.68. The summed E-state index contributed by atoms with van der Waals surface area (Å²) in [6, 6.07) is 13.4. The third kappa shape index (κ3) is 4.55. The molecule has 0 fully saturated rings.